The van der Waals surface area contributed by atoms with Crippen LogP contribution in [0.25, 0.3) is 0 Å². The first kappa shape index (κ1) is 12.3. The summed E-state index contributed by atoms with van der Waals surface area (Å²) in [5, 5.41) is 2.98. The molecule has 1 unspecified atom stereocenters. The summed E-state index contributed by atoms with van der Waals surface area (Å²) in [6.07, 6.45) is 5.13. The fourth-order valence-electron chi connectivity index (χ4n) is 2.62. The van der Waals surface area contributed by atoms with Crippen molar-refractivity contribution in [2.75, 3.05) is 5.32 Å². The van der Waals surface area contributed by atoms with Crippen molar-refractivity contribution >= 4 is 34.8 Å². The Bertz CT molecular complexity index is 499. The quantitative estimate of drug-likeness (QED) is 0.824. The molecule has 1 N–H and O–H groups in total. The molecule has 0 spiro atoms. The van der Waals surface area contributed by atoms with Gasteiger partial charge in [0.05, 0.1) is 5.92 Å². The van der Waals surface area contributed by atoms with Gasteiger partial charge in [-0.1, -0.05) is 12.1 Å². The van der Waals surface area contributed by atoms with Gasteiger partial charge in [-0.2, -0.15) is 0 Å². The molecule has 3 rings (SSSR count). The maximum Gasteiger partial charge on any atom is 0.230 e. The van der Waals surface area contributed by atoms with Crippen molar-refractivity contribution < 1.29 is 4.79 Å². The lowest BCUT2D eigenvalue weighted by Crippen LogP contribution is -2.19. The van der Waals surface area contributed by atoms with E-state index in [9.17, 15) is 4.79 Å². The minimum absolute atomic E-state index is 0.0565. The van der Waals surface area contributed by atoms with E-state index in [1.165, 1.54) is 24.0 Å². The van der Waals surface area contributed by atoms with Crippen LogP contribution >= 0.6 is 23.2 Å². The van der Waals surface area contributed by atoms with Crippen LogP contribution in [-0.2, 0) is 17.6 Å². The largest absolute Gasteiger partial charge is 0.325 e. The Kier molecular flexibility index (Phi) is 3.03. The molecule has 4 heteroatoms. The molecule has 0 heterocycles. The van der Waals surface area contributed by atoms with Gasteiger partial charge in [0, 0.05) is 5.69 Å². The molecule has 1 saturated carbocycles. The van der Waals surface area contributed by atoms with E-state index in [-0.39, 0.29) is 11.8 Å². The van der Waals surface area contributed by atoms with Crippen LogP contribution in [0.2, 0.25) is 0 Å². The second-order valence-electron chi connectivity index (χ2n) is 5.16. The number of rotatable bonds is 2. The van der Waals surface area contributed by atoms with Gasteiger partial charge in [0.2, 0.25) is 5.91 Å². The summed E-state index contributed by atoms with van der Waals surface area (Å²) in [7, 11) is 0. The van der Waals surface area contributed by atoms with E-state index in [1.54, 1.807) is 0 Å². The highest BCUT2D eigenvalue weighted by Crippen LogP contribution is 2.53. The Labute approximate surface area is 117 Å². The molecule has 1 aromatic carbocycles. The van der Waals surface area contributed by atoms with Crippen molar-refractivity contribution in [3.63, 3.8) is 0 Å². The second-order valence-corrected chi connectivity index (χ2v) is 6.70. The van der Waals surface area contributed by atoms with Crippen LogP contribution < -0.4 is 5.32 Å². The first-order valence-corrected chi connectivity index (χ1v) is 7.13. The molecule has 1 atom stereocenters. The van der Waals surface area contributed by atoms with Crippen LogP contribution in [0.15, 0.2) is 18.2 Å². The molecule has 0 aromatic heterocycles. The van der Waals surface area contributed by atoms with Crippen LogP contribution in [0.4, 0.5) is 5.69 Å². The number of amides is 1. The Morgan fingerprint density at radius 1 is 1.28 bits per heavy atom. The molecular formula is C14H15Cl2NO. The predicted octanol–water partition coefficient (Wildman–Crippen LogP) is 3.70. The predicted molar refractivity (Wildman–Crippen MR) is 74.3 cm³/mol. The SMILES string of the molecule is O=C(Nc1cccc2c1CCCC2)C1CC1(Cl)Cl. The molecule has 18 heavy (non-hydrogen) atoms. The first-order valence-electron chi connectivity index (χ1n) is 6.37. The maximum absolute atomic E-state index is 12.0. The van der Waals surface area contributed by atoms with E-state index in [0.29, 0.717) is 6.42 Å². The first-order chi connectivity index (χ1) is 8.58. The third-order valence-corrected chi connectivity index (χ3v) is 4.63. The number of anilines is 1. The number of carbonyl (C=O) groups excluding carboxylic acids is 1. The molecule has 2 aliphatic rings. The summed E-state index contributed by atoms with van der Waals surface area (Å²) in [5.74, 6) is -0.320. The minimum atomic E-state index is -0.848. The van der Waals surface area contributed by atoms with Crippen molar-refractivity contribution in [2.45, 2.75) is 36.4 Å². The van der Waals surface area contributed by atoms with E-state index in [2.05, 4.69) is 11.4 Å². The summed E-state index contributed by atoms with van der Waals surface area (Å²) >= 11 is 11.8. The third-order valence-electron chi connectivity index (χ3n) is 3.80. The lowest BCUT2D eigenvalue weighted by Gasteiger charge is -2.19. The van der Waals surface area contributed by atoms with E-state index in [1.807, 2.05) is 12.1 Å². The fourth-order valence-corrected chi connectivity index (χ4v) is 3.12. The van der Waals surface area contributed by atoms with Gasteiger partial charge in [0.25, 0.3) is 0 Å². The lowest BCUT2D eigenvalue weighted by molar-refractivity contribution is -0.117. The summed E-state index contributed by atoms with van der Waals surface area (Å²) in [6.45, 7) is 0. The van der Waals surface area contributed by atoms with E-state index < -0.39 is 4.33 Å². The Morgan fingerprint density at radius 2 is 2.00 bits per heavy atom. The molecule has 1 aromatic rings. The number of hydrogen-bond acceptors (Lipinski definition) is 1. The number of hydrogen-bond donors (Lipinski definition) is 1. The number of carbonyl (C=O) groups is 1. The zero-order valence-corrected chi connectivity index (χ0v) is 11.5. The summed E-state index contributed by atoms with van der Waals surface area (Å²) in [5.41, 5.74) is 3.58. The van der Waals surface area contributed by atoms with Gasteiger partial charge in [0.15, 0.2) is 0 Å². The molecule has 0 bridgehead atoms. The molecule has 0 radical (unpaired) electrons. The molecule has 1 fully saturated rings. The summed E-state index contributed by atoms with van der Waals surface area (Å²) in [6, 6.07) is 6.12. The Hall–Kier alpha value is -0.730. The maximum atomic E-state index is 12.0. The molecule has 2 aliphatic carbocycles. The number of alkyl halides is 2. The number of benzene rings is 1. The number of halogens is 2. The normalized spacial score (nSPS) is 24.2. The van der Waals surface area contributed by atoms with Gasteiger partial charge < -0.3 is 5.32 Å². The highest BCUT2D eigenvalue weighted by Gasteiger charge is 2.56. The molecule has 0 aliphatic heterocycles. The lowest BCUT2D eigenvalue weighted by atomic mass is 9.90. The smallest absolute Gasteiger partial charge is 0.230 e. The molecule has 1 amide bonds. The van der Waals surface area contributed by atoms with Crippen LogP contribution in [0.5, 0.6) is 0 Å². The van der Waals surface area contributed by atoms with Crippen molar-refractivity contribution in [3.05, 3.63) is 29.3 Å². The molecule has 0 saturated heterocycles. The zero-order chi connectivity index (χ0) is 12.8. The van der Waals surface area contributed by atoms with Crippen LogP contribution in [-0.4, -0.2) is 10.2 Å². The summed E-state index contributed by atoms with van der Waals surface area (Å²) in [4.78, 5) is 12.0. The van der Waals surface area contributed by atoms with Crippen LogP contribution in [0.1, 0.15) is 30.4 Å². The third kappa shape index (κ3) is 2.24. The topological polar surface area (TPSA) is 29.1 Å². The standard InChI is InChI=1S/C14H15Cl2NO/c15-14(16)8-11(14)13(18)17-12-7-3-5-9-4-1-2-6-10(9)12/h3,5,7,11H,1-2,4,6,8H2,(H,17,18). The van der Waals surface area contributed by atoms with E-state index in [0.717, 1.165) is 18.5 Å². The van der Waals surface area contributed by atoms with E-state index in [4.69, 9.17) is 23.2 Å². The van der Waals surface area contributed by atoms with Gasteiger partial charge in [-0.15, -0.1) is 23.2 Å². The van der Waals surface area contributed by atoms with Crippen molar-refractivity contribution in [2.24, 2.45) is 5.92 Å². The van der Waals surface area contributed by atoms with Gasteiger partial charge in [-0.05, 0) is 49.3 Å². The van der Waals surface area contributed by atoms with Crippen molar-refractivity contribution in [1.82, 2.24) is 0 Å². The second kappa shape index (κ2) is 4.43. The van der Waals surface area contributed by atoms with Gasteiger partial charge >= 0.3 is 0 Å². The summed E-state index contributed by atoms with van der Waals surface area (Å²) < 4.78 is -0.848. The average molecular weight is 284 g/mol. The van der Waals surface area contributed by atoms with Crippen molar-refractivity contribution in [3.8, 4) is 0 Å². The zero-order valence-electron chi connectivity index (χ0n) is 10.0. The number of nitrogens with one attached hydrogen (secondary N) is 1. The van der Waals surface area contributed by atoms with Crippen molar-refractivity contribution in [1.29, 1.82) is 0 Å². The average Bonchev–Trinajstić information content (AvgIpc) is 2.99. The Balaban J connectivity index is 1.79. The molecule has 96 valence electrons. The van der Waals surface area contributed by atoms with Gasteiger partial charge in [0.1, 0.15) is 4.33 Å². The number of fused-ring (bicyclic) bond motifs is 1. The molecular weight excluding hydrogens is 269 g/mol. The van der Waals surface area contributed by atoms with Crippen LogP contribution in [0.3, 0.4) is 0 Å². The van der Waals surface area contributed by atoms with Gasteiger partial charge in [-0.25, -0.2) is 0 Å². The molecule has 2 nitrogen and oxygen atoms in total. The van der Waals surface area contributed by atoms with Gasteiger partial charge in [-0.3, -0.25) is 4.79 Å². The highest BCUT2D eigenvalue weighted by molar-refractivity contribution is 6.52. The Morgan fingerprint density at radius 3 is 2.72 bits per heavy atom. The highest BCUT2D eigenvalue weighted by atomic mass is 35.5. The monoisotopic (exact) mass is 283 g/mol. The van der Waals surface area contributed by atoms with E-state index >= 15 is 0 Å². The minimum Gasteiger partial charge on any atom is -0.325 e. The number of aryl methyl sites for hydroxylation is 1. The van der Waals surface area contributed by atoms with Crippen LogP contribution in [0, 0.1) is 5.92 Å². The fraction of sp³-hybridized carbons (Fsp3) is 0.500.